The molecule has 0 spiro atoms. The Morgan fingerprint density at radius 2 is 2.17 bits per heavy atom. The number of hydrogen-bond acceptors (Lipinski definition) is 3. The highest BCUT2D eigenvalue weighted by molar-refractivity contribution is 7.91. The molecule has 0 amide bonds. The standard InChI is InChI=1S/C8H15NO2S/c1-3-4-12(10,11)7-8-5-9(2)6-8/h3,8H,1,4-7H2,2H3. The molecule has 0 saturated carbocycles. The molecular formula is C8H15NO2S. The maximum Gasteiger partial charge on any atom is 0.154 e. The fraction of sp³-hybridized carbons (Fsp3) is 0.750. The topological polar surface area (TPSA) is 37.4 Å². The Hall–Kier alpha value is -0.350. The summed E-state index contributed by atoms with van der Waals surface area (Å²) in [5, 5.41) is 0. The van der Waals surface area contributed by atoms with Gasteiger partial charge in [0, 0.05) is 13.1 Å². The van der Waals surface area contributed by atoms with Gasteiger partial charge in [-0.1, -0.05) is 6.08 Å². The van der Waals surface area contributed by atoms with Crippen LogP contribution in [0.15, 0.2) is 12.7 Å². The Labute approximate surface area is 74.0 Å². The van der Waals surface area contributed by atoms with Gasteiger partial charge in [0.25, 0.3) is 0 Å². The molecule has 1 aliphatic rings. The summed E-state index contributed by atoms with van der Waals surface area (Å²) in [4.78, 5) is 2.12. The maximum atomic E-state index is 11.3. The van der Waals surface area contributed by atoms with Crippen molar-refractivity contribution in [2.45, 2.75) is 0 Å². The van der Waals surface area contributed by atoms with Crippen molar-refractivity contribution in [3.8, 4) is 0 Å². The van der Waals surface area contributed by atoms with E-state index in [1.54, 1.807) is 0 Å². The molecule has 0 aromatic rings. The maximum absolute atomic E-state index is 11.3. The molecule has 0 aromatic carbocycles. The summed E-state index contributed by atoms with van der Waals surface area (Å²) in [5.74, 6) is 0.788. The molecule has 1 heterocycles. The normalized spacial score (nSPS) is 20.4. The van der Waals surface area contributed by atoms with Gasteiger partial charge in [-0.2, -0.15) is 0 Å². The van der Waals surface area contributed by atoms with Crippen LogP contribution < -0.4 is 0 Å². The molecule has 3 nitrogen and oxygen atoms in total. The van der Waals surface area contributed by atoms with Gasteiger partial charge in [0.05, 0.1) is 11.5 Å². The molecular weight excluding hydrogens is 174 g/mol. The van der Waals surface area contributed by atoms with Crippen LogP contribution in [0.4, 0.5) is 0 Å². The second kappa shape index (κ2) is 3.58. The van der Waals surface area contributed by atoms with Crippen molar-refractivity contribution >= 4 is 9.84 Å². The fourth-order valence-corrected chi connectivity index (χ4v) is 2.96. The number of rotatable bonds is 4. The molecule has 0 N–H and O–H groups in total. The van der Waals surface area contributed by atoms with Crippen LogP contribution in [-0.2, 0) is 9.84 Å². The molecule has 1 aliphatic heterocycles. The summed E-state index contributed by atoms with van der Waals surface area (Å²) in [7, 11) is -0.863. The summed E-state index contributed by atoms with van der Waals surface area (Å²) >= 11 is 0. The molecule has 0 atom stereocenters. The SMILES string of the molecule is C=CCS(=O)(=O)CC1CN(C)C1. The first-order valence-corrected chi connectivity index (χ1v) is 5.85. The zero-order chi connectivity index (χ0) is 9.19. The molecule has 0 unspecified atom stereocenters. The number of hydrogen-bond donors (Lipinski definition) is 0. The summed E-state index contributed by atoms with van der Waals surface area (Å²) in [6.45, 7) is 5.25. The van der Waals surface area contributed by atoms with Crippen molar-refractivity contribution in [2.24, 2.45) is 5.92 Å². The molecule has 0 aliphatic carbocycles. The van der Waals surface area contributed by atoms with E-state index >= 15 is 0 Å². The van der Waals surface area contributed by atoms with E-state index in [2.05, 4.69) is 11.5 Å². The van der Waals surface area contributed by atoms with Gasteiger partial charge in [-0.3, -0.25) is 0 Å². The second-order valence-electron chi connectivity index (χ2n) is 3.45. The Bertz CT molecular complexity index is 252. The monoisotopic (exact) mass is 189 g/mol. The molecule has 1 saturated heterocycles. The van der Waals surface area contributed by atoms with E-state index in [1.807, 2.05) is 7.05 Å². The quantitative estimate of drug-likeness (QED) is 0.591. The van der Waals surface area contributed by atoms with E-state index in [0.29, 0.717) is 11.7 Å². The van der Waals surface area contributed by atoms with Gasteiger partial charge in [-0.05, 0) is 13.0 Å². The van der Waals surface area contributed by atoms with Crippen LogP contribution in [0.2, 0.25) is 0 Å². The summed E-state index contributed by atoms with van der Waals surface area (Å²) in [5.41, 5.74) is 0. The van der Waals surface area contributed by atoms with E-state index in [0.717, 1.165) is 13.1 Å². The van der Waals surface area contributed by atoms with Crippen LogP contribution in [-0.4, -0.2) is 45.0 Å². The third-order valence-corrected chi connectivity index (χ3v) is 3.72. The van der Waals surface area contributed by atoms with Crippen LogP contribution >= 0.6 is 0 Å². The van der Waals surface area contributed by atoms with Crippen molar-refractivity contribution in [1.82, 2.24) is 4.90 Å². The number of sulfone groups is 1. The lowest BCUT2D eigenvalue weighted by Gasteiger charge is -2.35. The molecule has 0 aromatic heterocycles. The number of likely N-dealkylation sites (tertiary alicyclic amines) is 1. The summed E-state index contributed by atoms with van der Waals surface area (Å²) in [6, 6.07) is 0. The lowest BCUT2D eigenvalue weighted by molar-refractivity contribution is 0.151. The average molecular weight is 189 g/mol. The molecule has 70 valence electrons. The van der Waals surface area contributed by atoms with E-state index in [9.17, 15) is 8.42 Å². The van der Waals surface area contributed by atoms with E-state index in [1.165, 1.54) is 6.08 Å². The van der Waals surface area contributed by atoms with Crippen molar-refractivity contribution in [2.75, 3.05) is 31.6 Å². The first kappa shape index (κ1) is 9.74. The van der Waals surface area contributed by atoms with Crippen LogP contribution in [0.5, 0.6) is 0 Å². The molecule has 0 bridgehead atoms. The van der Waals surface area contributed by atoms with Gasteiger partial charge in [0.15, 0.2) is 9.84 Å². The average Bonchev–Trinajstić information content (AvgIpc) is 1.83. The van der Waals surface area contributed by atoms with Gasteiger partial charge >= 0.3 is 0 Å². The lowest BCUT2D eigenvalue weighted by atomic mass is 10.0. The van der Waals surface area contributed by atoms with E-state index in [4.69, 9.17) is 0 Å². The first-order valence-electron chi connectivity index (χ1n) is 4.03. The minimum atomic E-state index is -2.86. The fourth-order valence-electron chi connectivity index (χ4n) is 1.54. The van der Waals surface area contributed by atoms with Crippen LogP contribution in [0, 0.1) is 5.92 Å². The minimum absolute atomic E-state index is 0.118. The third-order valence-electron chi connectivity index (χ3n) is 2.00. The Kier molecular flexibility index (Phi) is 2.90. The van der Waals surface area contributed by atoms with Crippen LogP contribution in [0.3, 0.4) is 0 Å². The van der Waals surface area contributed by atoms with Crippen LogP contribution in [0.1, 0.15) is 0 Å². The van der Waals surface area contributed by atoms with Crippen molar-refractivity contribution in [1.29, 1.82) is 0 Å². The molecule has 4 heteroatoms. The van der Waals surface area contributed by atoms with Gasteiger partial charge in [-0.15, -0.1) is 6.58 Å². The molecule has 1 fully saturated rings. The smallest absolute Gasteiger partial charge is 0.154 e. The molecule has 1 rings (SSSR count). The highest BCUT2D eigenvalue weighted by Gasteiger charge is 2.27. The van der Waals surface area contributed by atoms with E-state index in [-0.39, 0.29) is 5.75 Å². The van der Waals surface area contributed by atoms with Crippen molar-refractivity contribution < 1.29 is 8.42 Å². The van der Waals surface area contributed by atoms with Gasteiger partial charge in [-0.25, -0.2) is 8.42 Å². The zero-order valence-corrected chi connectivity index (χ0v) is 8.18. The predicted molar refractivity (Wildman–Crippen MR) is 49.8 cm³/mol. The lowest BCUT2D eigenvalue weighted by Crippen LogP contribution is -2.47. The number of nitrogens with zero attached hydrogens (tertiary/aromatic N) is 1. The Morgan fingerprint density at radius 1 is 1.58 bits per heavy atom. The highest BCUT2D eigenvalue weighted by Crippen LogP contribution is 2.15. The summed E-state index contributed by atoms with van der Waals surface area (Å²) < 4.78 is 22.5. The highest BCUT2D eigenvalue weighted by atomic mass is 32.2. The minimum Gasteiger partial charge on any atom is -0.306 e. The summed E-state index contributed by atoms with van der Waals surface area (Å²) in [6.07, 6.45) is 1.46. The van der Waals surface area contributed by atoms with Crippen molar-refractivity contribution in [3.63, 3.8) is 0 Å². The third kappa shape index (κ3) is 2.60. The Morgan fingerprint density at radius 3 is 2.58 bits per heavy atom. The van der Waals surface area contributed by atoms with Gasteiger partial charge < -0.3 is 4.90 Å². The van der Waals surface area contributed by atoms with E-state index < -0.39 is 9.84 Å². The zero-order valence-electron chi connectivity index (χ0n) is 7.36. The predicted octanol–water partition coefficient (Wildman–Crippen LogP) is 0.149. The second-order valence-corrected chi connectivity index (χ2v) is 5.61. The largest absolute Gasteiger partial charge is 0.306 e. The first-order chi connectivity index (χ1) is 5.53. The van der Waals surface area contributed by atoms with Crippen molar-refractivity contribution in [3.05, 3.63) is 12.7 Å². The van der Waals surface area contributed by atoms with Gasteiger partial charge in [0.2, 0.25) is 0 Å². The molecule has 0 radical (unpaired) electrons. The molecule has 12 heavy (non-hydrogen) atoms. The van der Waals surface area contributed by atoms with Crippen LogP contribution in [0.25, 0.3) is 0 Å². The Balaban J connectivity index is 2.35. The van der Waals surface area contributed by atoms with Gasteiger partial charge in [0.1, 0.15) is 0 Å².